The first-order chi connectivity index (χ1) is 15.3. The molecule has 0 unspecified atom stereocenters. The molecule has 2 amide bonds. The summed E-state index contributed by atoms with van der Waals surface area (Å²) in [5.74, 6) is -0.733. The number of piperidine rings is 1. The summed E-state index contributed by atoms with van der Waals surface area (Å²) in [5, 5.41) is 2.85. The van der Waals surface area contributed by atoms with Gasteiger partial charge in [-0.3, -0.25) is 9.59 Å². The Labute approximate surface area is 193 Å². The van der Waals surface area contributed by atoms with Crippen LogP contribution in [0.1, 0.15) is 49.0 Å². The third-order valence-electron chi connectivity index (χ3n) is 5.61. The van der Waals surface area contributed by atoms with Crippen molar-refractivity contribution >= 4 is 35.2 Å². The average Bonchev–Trinajstić information content (AvgIpc) is 2.77. The molecule has 2 atom stereocenters. The molecule has 32 heavy (non-hydrogen) atoms. The third kappa shape index (κ3) is 6.36. The first-order valence-corrected chi connectivity index (χ1v) is 11.9. The van der Waals surface area contributed by atoms with Gasteiger partial charge in [-0.2, -0.15) is 0 Å². The van der Waals surface area contributed by atoms with Crippen LogP contribution in [0.25, 0.3) is 0 Å². The number of benzene rings is 2. The fraction of sp³-hybridized carbons (Fsp3) is 0.400. The van der Waals surface area contributed by atoms with Crippen molar-refractivity contribution in [2.45, 2.75) is 57.0 Å². The Morgan fingerprint density at radius 3 is 2.38 bits per heavy atom. The van der Waals surface area contributed by atoms with Gasteiger partial charge in [-0.05, 0) is 64.3 Å². The summed E-state index contributed by atoms with van der Waals surface area (Å²) in [5.41, 5.74) is 2.20. The van der Waals surface area contributed by atoms with E-state index >= 15 is 0 Å². The molecule has 1 heterocycles. The molecule has 0 radical (unpaired) electrons. The van der Waals surface area contributed by atoms with Crippen LogP contribution in [0.5, 0.6) is 0 Å². The van der Waals surface area contributed by atoms with Crippen LogP contribution in [-0.2, 0) is 14.3 Å². The Bertz CT molecular complexity index is 951. The summed E-state index contributed by atoms with van der Waals surface area (Å²) in [7, 11) is 0. The standard InChI is InChI=1S/C25H30N2O4S/c1-17-11-13-20(14-12-17)26-23(28)16-32-22-10-5-4-9-21(22)25(30)31-15-24(29)27-18(2)7-6-8-19(27)3/h4-5,9-14,18-19H,6-8,15-16H2,1-3H3,(H,26,28)/t18-,19-/m0/s1. The van der Waals surface area contributed by atoms with Gasteiger partial charge in [0.05, 0.1) is 11.3 Å². The van der Waals surface area contributed by atoms with Crippen LogP contribution in [-0.4, -0.2) is 47.1 Å². The molecule has 170 valence electrons. The monoisotopic (exact) mass is 454 g/mol. The molecule has 1 aliphatic heterocycles. The zero-order chi connectivity index (χ0) is 23.1. The molecule has 2 aromatic carbocycles. The minimum absolute atomic E-state index is 0.153. The van der Waals surface area contributed by atoms with Crippen molar-refractivity contribution in [3.8, 4) is 0 Å². The van der Waals surface area contributed by atoms with E-state index in [-0.39, 0.29) is 36.3 Å². The van der Waals surface area contributed by atoms with E-state index in [0.29, 0.717) is 10.5 Å². The molecule has 6 nitrogen and oxygen atoms in total. The lowest BCUT2D eigenvalue weighted by Crippen LogP contribution is -2.49. The van der Waals surface area contributed by atoms with Crippen molar-refractivity contribution < 1.29 is 19.1 Å². The van der Waals surface area contributed by atoms with Gasteiger partial charge < -0.3 is 15.0 Å². The second-order valence-corrected chi connectivity index (χ2v) is 9.22. The highest BCUT2D eigenvalue weighted by atomic mass is 32.2. The van der Waals surface area contributed by atoms with Gasteiger partial charge in [0.1, 0.15) is 0 Å². The van der Waals surface area contributed by atoms with E-state index in [9.17, 15) is 14.4 Å². The van der Waals surface area contributed by atoms with Gasteiger partial charge >= 0.3 is 5.97 Å². The Balaban J connectivity index is 1.55. The van der Waals surface area contributed by atoms with E-state index in [1.54, 1.807) is 24.3 Å². The molecule has 7 heteroatoms. The number of hydrogen-bond acceptors (Lipinski definition) is 5. The van der Waals surface area contributed by atoms with Gasteiger partial charge in [0.2, 0.25) is 5.91 Å². The van der Waals surface area contributed by atoms with Crippen LogP contribution in [0.15, 0.2) is 53.4 Å². The fourth-order valence-corrected chi connectivity index (χ4v) is 4.77. The Morgan fingerprint density at radius 2 is 1.69 bits per heavy atom. The minimum Gasteiger partial charge on any atom is -0.452 e. The van der Waals surface area contributed by atoms with Crippen LogP contribution < -0.4 is 5.32 Å². The van der Waals surface area contributed by atoms with Gasteiger partial charge in [-0.1, -0.05) is 29.8 Å². The van der Waals surface area contributed by atoms with Crippen molar-refractivity contribution in [1.82, 2.24) is 4.90 Å². The molecule has 2 aromatic rings. The molecule has 3 rings (SSSR count). The van der Waals surface area contributed by atoms with E-state index < -0.39 is 5.97 Å². The Morgan fingerprint density at radius 1 is 1.03 bits per heavy atom. The second-order valence-electron chi connectivity index (χ2n) is 8.21. The van der Waals surface area contributed by atoms with Gasteiger partial charge in [-0.25, -0.2) is 4.79 Å². The number of aryl methyl sites for hydroxylation is 1. The number of carbonyl (C=O) groups is 3. The number of carbonyl (C=O) groups excluding carboxylic acids is 3. The minimum atomic E-state index is -0.558. The van der Waals surface area contributed by atoms with Crippen LogP contribution in [0.4, 0.5) is 5.69 Å². The molecule has 1 fully saturated rings. The summed E-state index contributed by atoms with van der Waals surface area (Å²) in [6.07, 6.45) is 3.04. The second kappa shape index (κ2) is 11.2. The highest BCUT2D eigenvalue weighted by Crippen LogP contribution is 2.25. The number of ether oxygens (including phenoxy) is 1. The van der Waals surface area contributed by atoms with E-state index in [0.717, 1.165) is 30.5 Å². The predicted octanol–water partition coefficient (Wildman–Crippen LogP) is 4.67. The first kappa shape index (κ1) is 23.9. The normalized spacial score (nSPS) is 18.2. The SMILES string of the molecule is Cc1ccc(NC(=O)CSc2ccccc2C(=O)OCC(=O)N2[C@@H](C)CCC[C@@H]2C)cc1. The molecule has 0 saturated carbocycles. The summed E-state index contributed by atoms with van der Waals surface area (Å²) >= 11 is 1.26. The van der Waals surface area contributed by atoms with Crippen LogP contribution in [0.2, 0.25) is 0 Å². The predicted molar refractivity (Wildman–Crippen MR) is 127 cm³/mol. The third-order valence-corrected chi connectivity index (χ3v) is 6.68. The van der Waals surface area contributed by atoms with Crippen LogP contribution in [0.3, 0.4) is 0 Å². The smallest absolute Gasteiger partial charge is 0.339 e. The zero-order valence-corrected chi connectivity index (χ0v) is 19.6. The number of thioether (sulfide) groups is 1. The molecule has 0 bridgehead atoms. The highest BCUT2D eigenvalue weighted by molar-refractivity contribution is 8.00. The number of nitrogens with one attached hydrogen (secondary N) is 1. The lowest BCUT2D eigenvalue weighted by atomic mass is 9.97. The summed E-state index contributed by atoms with van der Waals surface area (Å²) in [4.78, 5) is 40.1. The van der Waals surface area contributed by atoms with Crippen molar-refractivity contribution in [2.24, 2.45) is 0 Å². The lowest BCUT2D eigenvalue weighted by Gasteiger charge is -2.38. The quantitative estimate of drug-likeness (QED) is 0.486. The molecule has 1 N–H and O–H groups in total. The van der Waals surface area contributed by atoms with E-state index in [1.807, 2.05) is 49.9 Å². The van der Waals surface area contributed by atoms with Gasteiger partial charge in [0.15, 0.2) is 6.61 Å². The zero-order valence-electron chi connectivity index (χ0n) is 18.8. The molecule has 0 aromatic heterocycles. The number of amides is 2. The number of nitrogens with zero attached hydrogens (tertiary/aromatic N) is 1. The van der Waals surface area contributed by atoms with Crippen molar-refractivity contribution in [3.63, 3.8) is 0 Å². The van der Waals surface area contributed by atoms with Gasteiger partial charge in [-0.15, -0.1) is 11.8 Å². The molecule has 0 spiro atoms. The summed E-state index contributed by atoms with van der Waals surface area (Å²) < 4.78 is 5.35. The summed E-state index contributed by atoms with van der Waals surface area (Å²) in [6, 6.07) is 14.8. The average molecular weight is 455 g/mol. The fourth-order valence-electron chi connectivity index (χ4n) is 3.93. The first-order valence-electron chi connectivity index (χ1n) is 10.9. The van der Waals surface area contributed by atoms with E-state index in [4.69, 9.17) is 4.74 Å². The number of rotatable bonds is 7. The van der Waals surface area contributed by atoms with E-state index in [2.05, 4.69) is 5.32 Å². The number of anilines is 1. The largest absolute Gasteiger partial charge is 0.452 e. The number of esters is 1. The van der Waals surface area contributed by atoms with Crippen molar-refractivity contribution in [1.29, 1.82) is 0 Å². The Hall–Kier alpha value is -2.80. The van der Waals surface area contributed by atoms with E-state index in [1.165, 1.54) is 11.8 Å². The molecule has 0 aliphatic carbocycles. The molecule has 1 saturated heterocycles. The van der Waals surface area contributed by atoms with Crippen LogP contribution in [0, 0.1) is 6.92 Å². The maximum Gasteiger partial charge on any atom is 0.339 e. The molecular weight excluding hydrogens is 424 g/mol. The number of hydrogen-bond donors (Lipinski definition) is 1. The lowest BCUT2D eigenvalue weighted by molar-refractivity contribution is -0.140. The van der Waals surface area contributed by atoms with Crippen LogP contribution >= 0.6 is 11.8 Å². The maximum atomic E-state index is 12.7. The maximum absolute atomic E-state index is 12.7. The van der Waals surface area contributed by atoms with Crippen molar-refractivity contribution in [2.75, 3.05) is 17.7 Å². The molecule has 1 aliphatic rings. The van der Waals surface area contributed by atoms with Gasteiger partial charge in [0, 0.05) is 22.7 Å². The number of likely N-dealkylation sites (tertiary alicyclic amines) is 1. The van der Waals surface area contributed by atoms with Crippen molar-refractivity contribution in [3.05, 3.63) is 59.7 Å². The highest BCUT2D eigenvalue weighted by Gasteiger charge is 2.29. The summed E-state index contributed by atoms with van der Waals surface area (Å²) in [6.45, 7) is 5.77. The molecular formula is C25H30N2O4S. The topological polar surface area (TPSA) is 75.7 Å². The van der Waals surface area contributed by atoms with Gasteiger partial charge in [0.25, 0.3) is 5.91 Å². The Kier molecular flexibility index (Phi) is 8.33.